The third-order valence-corrected chi connectivity index (χ3v) is 6.45. The molecule has 0 spiro atoms. The van der Waals surface area contributed by atoms with E-state index in [0.29, 0.717) is 18.4 Å². The molecule has 11 nitrogen and oxygen atoms in total. The molecule has 1 aliphatic heterocycles. The van der Waals surface area contributed by atoms with Crippen molar-refractivity contribution in [2.24, 2.45) is 5.92 Å². The quantitative estimate of drug-likeness (QED) is 0.337. The average Bonchev–Trinajstić information content (AvgIpc) is 3.04. The fourth-order valence-corrected chi connectivity index (χ4v) is 4.34. The third kappa shape index (κ3) is 5.45. The van der Waals surface area contributed by atoms with Gasteiger partial charge in [-0.2, -0.15) is 0 Å². The lowest BCUT2D eigenvalue weighted by molar-refractivity contribution is -0.112. The van der Waals surface area contributed by atoms with Gasteiger partial charge in [0.25, 0.3) is 5.56 Å². The molecule has 4 atom stereocenters. The molecule has 0 aromatic carbocycles. The Morgan fingerprint density at radius 3 is 2.70 bits per heavy atom. The molecule has 2 heterocycles. The Hall–Kier alpha value is -2.27. The molecular weight excluding hydrogens is 415 g/mol. The van der Waals surface area contributed by atoms with Gasteiger partial charge < -0.3 is 9.58 Å². The number of nitrogens with zero attached hydrogens (tertiary/aromatic N) is 3. The van der Waals surface area contributed by atoms with Crippen molar-refractivity contribution in [1.82, 2.24) is 9.55 Å². The summed E-state index contributed by atoms with van der Waals surface area (Å²) in [6.45, 7) is 18.1. The molecule has 0 saturated carbocycles. The summed E-state index contributed by atoms with van der Waals surface area (Å²) in [7, 11) is -4.07. The Balaban J connectivity index is 2.20. The summed E-state index contributed by atoms with van der Waals surface area (Å²) in [5.41, 5.74) is -1.55. The summed E-state index contributed by atoms with van der Waals surface area (Å²) in [5.74, 6) is -0.0933. The number of rotatable bonds is 10. The third-order valence-electron chi connectivity index (χ3n) is 5.08. The summed E-state index contributed by atoms with van der Waals surface area (Å²) >= 11 is 0. The minimum absolute atomic E-state index is 0.0307. The smallest absolute Gasteiger partial charge is 0.349 e. The Morgan fingerprint density at radius 1 is 1.33 bits per heavy atom. The molecule has 0 amide bonds. The van der Waals surface area contributed by atoms with E-state index < -0.39 is 37.6 Å². The Kier molecular flexibility index (Phi) is 8.13. The van der Waals surface area contributed by atoms with E-state index in [1.165, 1.54) is 10.8 Å². The van der Waals surface area contributed by atoms with Crippen molar-refractivity contribution in [3.05, 3.63) is 55.4 Å². The van der Waals surface area contributed by atoms with Crippen LogP contribution >= 0.6 is 7.82 Å². The van der Waals surface area contributed by atoms with Crippen molar-refractivity contribution < 1.29 is 22.9 Å². The first-order valence-electron chi connectivity index (χ1n) is 9.40. The molecule has 0 aliphatic carbocycles. The van der Waals surface area contributed by atoms with E-state index in [1.807, 2.05) is 13.8 Å². The van der Waals surface area contributed by atoms with Crippen LogP contribution < -0.4 is 11.2 Å². The van der Waals surface area contributed by atoms with Crippen LogP contribution in [0.2, 0.25) is 0 Å². The molecule has 12 heteroatoms. The molecule has 2 rings (SSSR count). The van der Waals surface area contributed by atoms with Crippen LogP contribution in [0.25, 0.3) is 9.69 Å². The molecule has 0 radical (unpaired) electrons. The molecule has 1 aliphatic rings. The second kappa shape index (κ2) is 10.2. The van der Waals surface area contributed by atoms with E-state index in [-0.39, 0.29) is 25.7 Å². The predicted octanol–water partition coefficient (Wildman–Crippen LogP) is 2.50. The van der Waals surface area contributed by atoms with Gasteiger partial charge in [-0.05, 0) is 25.7 Å². The van der Waals surface area contributed by atoms with Gasteiger partial charge in [0.2, 0.25) is 6.54 Å². The van der Waals surface area contributed by atoms with Crippen LogP contribution in [0.15, 0.2) is 15.8 Å². The number of ether oxygens (including phenoxy) is 1. The largest absolute Gasteiger partial charge is 0.480 e. The molecule has 1 aromatic rings. The maximum absolute atomic E-state index is 12.8. The highest BCUT2D eigenvalue weighted by molar-refractivity contribution is 7.48. The Morgan fingerprint density at radius 2 is 2.07 bits per heavy atom. The topological polar surface area (TPSA) is 118 Å². The van der Waals surface area contributed by atoms with Crippen LogP contribution in [-0.4, -0.2) is 41.6 Å². The summed E-state index contributed by atoms with van der Waals surface area (Å²) in [6.07, 6.45) is 1.75. The second-order valence-corrected chi connectivity index (χ2v) is 8.63. The summed E-state index contributed by atoms with van der Waals surface area (Å²) in [5, 5.41) is 0. The van der Waals surface area contributed by atoms with Gasteiger partial charge in [-0.25, -0.2) is 27.0 Å². The van der Waals surface area contributed by atoms with E-state index in [2.05, 4.69) is 14.7 Å². The minimum Gasteiger partial charge on any atom is -0.349 e. The normalized spacial score (nSPS) is 25.4. The van der Waals surface area contributed by atoms with Gasteiger partial charge in [0.15, 0.2) is 0 Å². The van der Waals surface area contributed by atoms with Crippen LogP contribution in [0.5, 0.6) is 0 Å². The first-order chi connectivity index (χ1) is 14.2. The highest BCUT2D eigenvalue weighted by atomic mass is 31.2. The number of hydrogen-bond donors (Lipinski definition) is 1. The molecule has 1 aromatic heterocycles. The van der Waals surface area contributed by atoms with Gasteiger partial charge in [0, 0.05) is 11.8 Å². The second-order valence-electron chi connectivity index (χ2n) is 6.96. The van der Waals surface area contributed by atoms with Crippen LogP contribution in [0.1, 0.15) is 38.5 Å². The highest BCUT2D eigenvalue weighted by Crippen LogP contribution is 2.52. The number of hydrogen-bond acceptors (Lipinski definition) is 7. The molecule has 1 fully saturated rings. The zero-order valence-corrected chi connectivity index (χ0v) is 18.0. The minimum atomic E-state index is -4.07. The number of H-pyrrole nitrogens is 1. The van der Waals surface area contributed by atoms with E-state index in [4.69, 9.17) is 31.5 Å². The van der Waals surface area contributed by atoms with Crippen LogP contribution in [-0.2, 0) is 22.9 Å². The van der Waals surface area contributed by atoms with Crippen LogP contribution in [0.3, 0.4) is 0 Å². The Bertz CT molecular complexity index is 992. The first kappa shape index (κ1) is 24.0. The zero-order valence-electron chi connectivity index (χ0n) is 17.1. The van der Waals surface area contributed by atoms with E-state index in [9.17, 15) is 14.2 Å². The van der Waals surface area contributed by atoms with Crippen molar-refractivity contribution in [2.45, 2.75) is 45.4 Å². The molecule has 30 heavy (non-hydrogen) atoms. The number of aromatic nitrogens is 2. The fourth-order valence-electron chi connectivity index (χ4n) is 3.23. The van der Waals surface area contributed by atoms with E-state index >= 15 is 0 Å². The SMILES string of the molecule is [C-]#[N+]CCOP(=O)(OC[N+]#[C-])OC[C@@]1(CC)O[C@@H](n2cc(C)c(=O)[nH]c2=O)C[C@H]1C. The lowest BCUT2D eigenvalue weighted by Gasteiger charge is -2.32. The van der Waals surface area contributed by atoms with Gasteiger partial charge in [0.1, 0.15) is 12.8 Å². The summed E-state index contributed by atoms with van der Waals surface area (Å²) in [4.78, 5) is 32.2. The lowest BCUT2D eigenvalue weighted by atomic mass is 9.87. The van der Waals surface area contributed by atoms with Crippen molar-refractivity contribution in [2.75, 3.05) is 26.5 Å². The van der Waals surface area contributed by atoms with E-state index in [1.54, 1.807) is 6.92 Å². The van der Waals surface area contributed by atoms with Crippen LogP contribution in [0, 0.1) is 26.0 Å². The van der Waals surface area contributed by atoms with Crippen molar-refractivity contribution in [3.63, 3.8) is 0 Å². The van der Waals surface area contributed by atoms with Gasteiger partial charge in [0.05, 0.1) is 12.2 Å². The van der Waals surface area contributed by atoms with Crippen molar-refractivity contribution >= 4 is 7.82 Å². The van der Waals surface area contributed by atoms with Gasteiger partial charge >= 0.3 is 20.2 Å². The fraction of sp³-hybridized carbons (Fsp3) is 0.667. The predicted molar refractivity (Wildman–Crippen MR) is 107 cm³/mol. The highest BCUT2D eigenvalue weighted by Gasteiger charge is 2.48. The zero-order chi connectivity index (χ0) is 22.4. The molecule has 1 N–H and O–H groups in total. The number of aromatic amines is 1. The Labute approximate surface area is 174 Å². The van der Waals surface area contributed by atoms with Gasteiger partial charge in [-0.1, -0.05) is 13.8 Å². The molecule has 164 valence electrons. The maximum atomic E-state index is 12.8. The van der Waals surface area contributed by atoms with Gasteiger partial charge in [-0.15, -0.1) is 0 Å². The first-order valence-corrected chi connectivity index (χ1v) is 10.9. The molecule has 1 saturated heterocycles. The van der Waals surface area contributed by atoms with Crippen molar-refractivity contribution in [3.8, 4) is 0 Å². The van der Waals surface area contributed by atoms with Gasteiger partial charge in [-0.3, -0.25) is 28.2 Å². The van der Waals surface area contributed by atoms with E-state index in [0.717, 1.165) is 0 Å². The molecule has 0 bridgehead atoms. The number of phosphoric acid groups is 1. The monoisotopic (exact) mass is 440 g/mol. The number of phosphoric ester groups is 1. The van der Waals surface area contributed by atoms with Crippen LogP contribution in [0.4, 0.5) is 0 Å². The molecule has 1 unspecified atom stereocenters. The standard InChI is InChI=1S/C18H25N4O7P/c1-6-18(11-27-30(25,28-12-20-5)26-8-7-19-4)14(3)9-15(29-18)22-10-13(2)16(23)21-17(22)24/h10,14-15H,6-9,11-12H2,1-3H3,(H,21,23,24)/t14-,15-,18-,30?/m1/s1. The summed E-state index contributed by atoms with van der Waals surface area (Å²) in [6, 6.07) is 0. The summed E-state index contributed by atoms with van der Waals surface area (Å²) < 4.78 is 35.9. The number of nitrogens with one attached hydrogen (secondary N) is 1. The lowest BCUT2D eigenvalue weighted by Crippen LogP contribution is -2.40. The number of aryl methyl sites for hydroxylation is 1. The van der Waals surface area contributed by atoms with Crippen molar-refractivity contribution in [1.29, 1.82) is 0 Å². The maximum Gasteiger partial charge on any atom is 0.480 e. The average molecular weight is 440 g/mol. The molecular formula is C18H25N4O7P.